The summed E-state index contributed by atoms with van der Waals surface area (Å²) in [7, 11) is 0. The number of hydrogen-bond donors (Lipinski definition) is 0. The number of benzene rings is 1. The average molecular weight is 425 g/mol. The summed E-state index contributed by atoms with van der Waals surface area (Å²) >= 11 is 0. The molecule has 1 aromatic carbocycles. The molecule has 0 bridgehead atoms. The molecule has 2 nitrogen and oxygen atoms in total. The quantitative estimate of drug-likeness (QED) is 0.415. The normalized spacial score (nSPS) is 29.2. The molecule has 5 heteroatoms. The highest BCUT2D eigenvalue weighted by molar-refractivity contribution is 5.29. The highest BCUT2D eigenvalue weighted by Crippen LogP contribution is 2.38. The van der Waals surface area contributed by atoms with Crippen molar-refractivity contribution in [2.45, 2.75) is 76.7 Å². The summed E-state index contributed by atoms with van der Waals surface area (Å²) in [6.07, 6.45) is 5.45. The van der Waals surface area contributed by atoms with Crippen LogP contribution in [0, 0.1) is 23.6 Å². The van der Waals surface area contributed by atoms with Crippen LogP contribution in [0.4, 0.5) is 13.2 Å². The van der Waals surface area contributed by atoms with Crippen LogP contribution in [0.25, 0.3) is 0 Å². The Bertz CT molecular complexity index is 664. The Labute approximate surface area is 178 Å². The molecule has 1 aliphatic heterocycles. The van der Waals surface area contributed by atoms with Gasteiger partial charge in [-0.2, -0.15) is 0 Å². The highest BCUT2D eigenvalue weighted by Gasteiger charge is 2.36. The van der Waals surface area contributed by atoms with E-state index in [0.717, 1.165) is 25.9 Å². The smallest absolute Gasteiger partial charge is 0.165 e. The zero-order valence-corrected chi connectivity index (χ0v) is 18.0. The molecule has 1 saturated heterocycles. The zero-order chi connectivity index (χ0) is 21.5. The fourth-order valence-corrected chi connectivity index (χ4v) is 4.75. The van der Waals surface area contributed by atoms with Gasteiger partial charge in [-0.15, -0.1) is 6.58 Å². The summed E-state index contributed by atoms with van der Waals surface area (Å²) in [6, 6.07) is 4.48. The molecule has 0 N–H and O–H groups in total. The Kier molecular flexibility index (Phi) is 8.67. The minimum atomic E-state index is -1.71. The van der Waals surface area contributed by atoms with Crippen LogP contribution in [0.2, 0.25) is 0 Å². The van der Waals surface area contributed by atoms with E-state index in [2.05, 4.69) is 13.5 Å². The van der Waals surface area contributed by atoms with Gasteiger partial charge in [0.05, 0.1) is 6.10 Å². The van der Waals surface area contributed by atoms with Gasteiger partial charge in [0.25, 0.3) is 0 Å². The van der Waals surface area contributed by atoms with Gasteiger partial charge < -0.3 is 9.47 Å². The van der Waals surface area contributed by atoms with Crippen molar-refractivity contribution in [1.82, 2.24) is 0 Å². The molecule has 3 rings (SSSR count). The first-order chi connectivity index (χ1) is 14.5. The van der Waals surface area contributed by atoms with Gasteiger partial charge in [-0.05, 0) is 80.8 Å². The van der Waals surface area contributed by atoms with E-state index < -0.39 is 19.0 Å². The number of aryl methyl sites for hydroxylation is 1. The van der Waals surface area contributed by atoms with Gasteiger partial charge >= 0.3 is 0 Å². The van der Waals surface area contributed by atoms with Crippen LogP contribution in [0.1, 0.15) is 57.4 Å². The molecular formula is C25H35F3O2. The lowest BCUT2D eigenvalue weighted by atomic mass is 9.75. The SMILES string of the molecule is C=CCCc1ccc(OCC(F)C(F)C2CCC(C3CCC(C)CO3)CC2)cc1F. The van der Waals surface area contributed by atoms with E-state index in [1.807, 2.05) is 0 Å². The Morgan fingerprint density at radius 3 is 2.57 bits per heavy atom. The van der Waals surface area contributed by atoms with Crippen molar-refractivity contribution in [1.29, 1.82) is 0 Å². The molecule has 2 fully saturated rings. The van der Waals surface area contributed by atoms with Crippen LogP contribution < -0.4 is 4.74 Å². The maximum Gasteiger partial charge on any atom is 0.165 e. The Balaban J connectivity index is 1.42. The first kappa shape index (κ1) is 23.2. The minimum absolute atomic E-state index is 0.233. The van der Waals surface area contributed by atoms with E-state index in [1.165, 1.54) is 12.5 Å². The zero-order valence-electron chi connectivity index (χ0n) is 18.0. The Morgan fingerprint density at radius 1 is 1.17 bits per heavy atom. The summed E-state index contributed by atoms with van der Waals surface area (Å²) < 4.78 is 54.6. The molecule has 1 saturated carbocycles. The van der Waals surface area contributed by atoms with Crippen molar-refractivity contribution in [3.05, 3.63) is 42.2 Å². The largest absolute Gasteiger partial charge is 0.490 e. The minimum Gasteiger partial charge on any atom is -0.490 e. The van der Waals surface area contributed by atoms with E-state index in [-0.39, 0.29) is 23.6 Å². The van der Waals surface area contributed by atoms with Gasteiger partial charge in [-0.1, -0.05) is 19.1 Å². The summed E-state index contributed by atoms with van der Waals surface area (Å²) in [6.45, 7) is 6.25. The summed E-state index contributed by atoms with van der Waals surface area (Å²) in [5.74, 6) is 0.659. The topological polar surface area (TPSA) is 18.5 Å². The third kappa shape index (κ3) is 6.26. The maximum absolute atomic E-state index is 14.7. The number of rotatable bonds is 9. The Morgan fingerprint density at radius 2 is 1.93 bits per heavy atom. The third-order valence-electron chi connectivity index (χ3n) is 6.73. The molecule has 1 aromatic rings. The number of ether oxygens (including phenoxy) is 2. The summed E-state index contributed by atoms with van der Waals surface area (Å²) in [5.41, 5.74) is 0.565. The molecule has 2 aliphatic rings. The number of hydrogen-bond acceptors (Lipinski definition) is 2. The first-order valence-corrected chi connectivity index (χ1v) is 11.4. The predicted molar refractivity (Wildman–Crippen MR) is 114 cm³/mol. The van der Waals surface area contributed by atoms with Crippen molar-refractivity contribution in [2.75, 3.05) is 13.2 Å². The lowest BCUT2D eigenvalue weighted by Crippen LogP contribution is -2.37. The fourth-order valence-electron chi connectivity index (χ4n) is 4.75. The van der Waals surface area contributed by atoms with Crippen molar-refractivity contribution >= 4 is 0 Å². The molecule has 1 aliphatic carbocycles. The molecular weight excluding hydrogens is 389 g/mol. The van der Waals surface area contributed by atoms with Gasteiger partial charge in [0.2, 0.25) is 0 Å². The molecule has 0 amide bonds. The van der Waals surface area contributed by atoms with E-state index in [4.69, 9.17) is 9.47 Å². The van der Waals surface area contributed by atoms with E-state index in [1.54, 1.807) is 18.2 Å². The Hall–Kier alpha value is -1.49. The van der Waals surface area contributed by atoms with Gasteiger partial charge in [0, 0.05) is 12.7 Å². The summed E-state index contributed by atoms with van der Waals surface area (Å²) in [4.78, 5) is 0. The molecule has 1 heterocycles. The molecule has 4 unspecified atom stereocenters. The van der Waals surface area contributed by atoms with Crippen molar-refractivity contribution in [3.8, 4) is 5.75 Å². The predicted octanol–water partition coefficient (Wildman–Crippen LogP) is 6.62. The number of allylic oxidation sites excluding steroid dienone is 1. The molecule has 0 aromatic heterocycles. The van der Waals surface area contributed by atoms with Gasteiger partial charge in [-0.3, -0.25) is 0 Å². The van der Waals surface area contributed by atoms with Crippen LogP contribution >= 0.6 is 0 Å². The first-order valence-electron chi connectivity index (χ1n) is 11.4. The second-order valence-electron chi connectivity index (χ2n) is 9.08. The van der Waals surface area contributed by atoms with Gasteiger partial charge in [0.15, 0.2) is 6.17 Å². The molecule has 0 radical (unpaired) electrons. The highest BCUT2D eigenvalue weighted by atomic mass is 19.2. The maximum atomic E-state index is 14.7. The van der Waals surface area contributed by atoms with Crippen LogP contribution in [0.5, 0.6) is 5.75 Å². The van der Waals surface area contributed by atoms with E-state index in [0.29, 0.717) is 43.1 Å². The molecule has 30 heavy (non-hydrogen) atoms. The summed E-state index contributed by atoms with van der Waals surface area (Å²) in [5, 5.41) is 0. The van der Waals surface area contributed by atoms with Crippen LogP contribution in [0.3, 0.4) is 0 Å². The van der Waals surface area contributed by atoms with Crippen molar-refractivity contribution in [2.24, 2.45) is 17.8 Å². The van der Waals surface area contributed by atoms with Gasteiger partial charge in [-0.25, -0.2) is 13.2 Å². The van der Waals surface area contributed by atoms with E-state index in [9.17, 15) is 13.2 Å². The third-order valence-corrected chi connectivity index (χ3v) is 6.73. The second kappa shape index (κ2) is 11.2. The monoisotopic (exact) mass is 424 g/mol. The molecule has 168 valence electrons. The lowest BCUT2D eigenvalue weighted by molar-refractivity contribution is -0.0594. The van der Waals surface area contributed by atoms with Crippen molar-refractivity contribution in [3.63, 3.8) is 0 Å². The standard InChI is InChI=1S/C25H35F3O2/c1-3-4-5-18-11-12-21(14-22(18)26)29-16-23(27)25(28)20-9-7-19(8-10-20)24-13-6-17(2)15-30-24/h3,11-12,14,17,19-20,23-25H,1,4-10,13,15-16H2,2H3. The van der Waals surface area contributed by atoms with Gasteiger partial charge in [0.1, 0.15) is 24.3 Å². The number of alkyl halides is 2. The average Bonchev–Trinajstić information content (AvgIpc) is 2.77. The van der Waals surface area contributed by atoms with E-state index >= 15 is 0 Å². The van der Waals surface area contributed by atoms with Crippen LogP contribution in [-0.2, 0) is 11.2 Å². The molecule has 0 spiro atoms. The number of halogens is 3. The lowest BCUT2D eigenvalue weighted by Gasteiger charge is -2.38. The second-order valence-corrected chi connectivity index (χ2v) is 9.08. The molecule has 4 atom stereocenters. The fraction of sp³-hybridized carbons (Fsp3) is 0.680. The van der Waals surface area contributed by atoms with Crippen LogP contribution in [0.15, 0.2) is 30.9 Å². The van der Waals surface area contributed by atoms with Crippen LogP contribution in [-0.4, -0.2) is 31.7 Å². The van der Waals surface area contributed by atoms with Crippen molar-refractivity contribution < 1.29 is 22.6 Å².